The molecule has 2 atom stereocenters. The van der Waals surface area contributed by atoms with E-state index in [-0.39, 0.29) is 0 Å². The van der Waals surface area contributed by atoms with Gasteiger partial charge in [-0.1, -0.05) is 63.2 Å². The molecule has 0 bridgehead atoms. The molecule has 0 saturated carbocycles. The summed E-state index contributed by atoms with van der Waals surface area (Å²) >= 11 is 0. The second kappa shape index (κ2) is 5.65. The normalized spacial score (nSPS) is 15.7. The van der Waals surface area contributed by atoms with Gasteiger partial charge >= 0.3 is 0 Å². The maximum atomic E-state index is 3.48. The summed E-state index contributed by atoms with van der Waals surface area (Å²) in [4.78, 5) is 0. The Morgan fingerprint density at radius 3 is 2.33 bits per heavy atom. The van der Waals surface area contributed by atoms with Crippen molar-refractivity contribution in [1.82, 2.24) is 5.32 Å². The van der Waals surface area contributed by atoms with E-state index in [0.29, 0.717) is 17.9 Å². The van der Waals surface area contributed by atoms with Gasteiger partial charge in [0, 0.05) is 6.04 Å². The standard InChI is InChI=1S/C20H25N/c1-13(2)20(21-4)14(3)15-9-10-19-17(11-15)12-16-7-5-6-8-18(16)19/h5-11,13-14,20-21H,12H2,1-4H3. The van der Waals surface area contributed by atoms with E-state index >= 15 is 0 Å². The molecule has 1 aliphatic carbocycles. The third-order valence-corrected chi connectivity index (χ3v) is 4.93. The van der Waals surface area contributed by atoms with Crippen LogP contribution in [0.2, 0.25) is 0 Å². The van der Waals surface area contributed by atoms with E-state index < -0.39 is 0 Å². The van der Waals surface area contributed by atoms with Gasteiger partial charge in [-0.25, -0.2) is 0 Å². The van der Waals surface area contributed by atoms with E-state index in [4.69, 9.17) is 0 Å². The molecule has 0 heterocycles. The van der Waals surface area contributed by atoms with Crippen molar-refractivity contribution >= 4 is 0 Å². The van der Waals surface area contributed by atoms with E-state index in [1.54, 1.807) is 0 Å². The highest BCUT2D eigenvalue weighted by Gasteiger charge is 2.23. The van der Waals surface area contributed by atoms with Crippen LogP contribution in [-0.4, -0.2) is 13.1 Å². The lowest BCUT2D eigenvalue weighted by Crippen LogP contribution is -2.35. The second-order valence-electron chi connectivity index (χ2n) is 6.60. The number of benzene rings is 2. The number of hydrogen-bond acceptors (Lipinski definition) is 1. The highest BCUT2D eigenvalue weighted by molar-refractivity contribution is 5.77. The molecule has 0 radical (unpaired) electrons. The molecular formula is C20H25N. The van der Waals surface area contributed by atoms with E-state index in [1.807, 2.05) is 0 Å². The van der Waals surface area contributed by atoms with Crippen LogP contribution in [0.3, 0.4) is 0 Å². The molecule has 110 valence electrons. The predicted molar refractivity (Wildman–Crippen MR) is 90.8 cm³/mol. The molecule has 1 heteroatoms. The molecule has 0 amide bonds. The fraction of sp³-hybridized carbons (Fsp3) is 0.400. The molecular weight excluding hydrogens is 254 g/mol. The number of fused-ring (bicyclic) bond motifs is 3. The van der Waals surface area contributed by atoms with Gasteiger partial charge < -0.3 is 5.32 Å². The van der Waals surface area contributed by atoms with Gasteiger partial charge in [0.15, 0.2) is 0 Å². The van der Waals surface area contributed by atoms with Gasteiger partial charge in [0.05, 0.1) is 0 Å². The van der Waals surface area contributed by atoms with Gasteiger partial charge in [-0.2, -0.15) is 0 Å². The first kappa shape index (κ1) is 14.3. The molecule has 0 saturated heterocycles. The van der Waals surface area contributed by atoms with Gasteiger partial charge in [0.25, 0.3) is 0 Å². The fourth-order valence-electron chi connectivity index (χ4n) is 3.82. The summed E-state index contributed by atoms with van der Waals surface area (Å²) in [6.45, 7) is 6.92. The smallest absolute Gasteiger partial charge is 0.0153 e. The lowest BCUT2D eigenvalue weighted by atomic mass is 9.85. The van der Waals surface area contributed by atoms with Crippen LogP contribution in [0, 0.1) is 5.92 Å². The molecule has 2 aromatic carbocycles. The van der Waals surface area contributed by atoms with Crippen molar-refractivity contribution in [2.24, 2.45) is 5.92 Å². The molecule has 0 aromatic heterocycles. The number of rotatable bonds is 4. The highest BCUT2D eigenvalue weighted by atomic mass is 14.9. The summed E-state index contributed by atoms with van der Waals surface area (Å²) in [5.41, 5.74) is 7.24. The van der Waals surface area contributed by atoms with Crippen molar-refractivity contribution in [1.29, 1.82) is 0 Å². The Morgan fingerprint density at radius 2 is 1.62 bits per heavy atom. The molecule has 1 aliphatic rings. The van der Waals surface area contributed by atoms with Gasteiger partial charge in [-0.05, 0) is 53.1 Å². The van der Waals surface area contributed by atoms with Gasteiger partial charge in [-0.3, -0.25) is 0 Å². The van der Waals surface area contributed by atoms with Gasteiger partial charge in [0.1, 0.15) is 0 Å². The molecule has 1 N–H and O–H groups in total. The quantitative estimate of drug-likeness (QED) is 0.735. The minimum Gasteiger partial charge on any atom is -0.316 e. The number of likely N-dealkylation sites (N-methyl/N-ethyl adjacent to an activating group) is 1. The van der Waals surface area contributed by atoms with E-state index in [1.165, 1.54) is 27.8 Å². The third-order valence-electron chi connectivity index (χ3n) is 4.93. The lowest BCUT2D eigenvalue weighted by molar-refractivity contribution is 0.376. The van der Waals surface area contributed by atoms with E-state index in [9.17, 15) is 0 Å². The largest absolute Gasteiger partial charge is 0.316 e. The average Bonchev–Trinajstić information content (AvgIpc) is 2.85. The van der Waals surface area contributed by atoms with Crippen molar-refractivity contribution in [2.75, 3.05) is 7.05 Å². The zero-order valence-electron chi connectivity index (χ0n) is 13.5. The molecule has 3 rings (SSSR count). The van der Waals surface area contributed by atoms with Crippen LogP contribution >= 0.6 is 0 Å². The van der Waals surface area contributed by atoms with Gasteiger partial charge in [-0.15, -0.1) is 0 Å². The first-order valence-corrected chi connectivity index (χ1v) is 8.00. The van der Waals surface area contributed by atoms with Crippen LogP contribution in [0.15, 0.2) is 42.5 Å². The first-order valence-electron chi connectivity index (χ1n) is 8.00. The maximum Gasteiger partial charge on any atom is 0.0153 e. The summed E-state index contributed by atoms with van der Waals surface area (Å²) in [7, 11) is 2.07. The summed E-state index contributed by atoms with van der Waals surface area (Å²) < 4.78 is 0. The Hall–Kier alpha value is -1.60. The summed E-state index contributed by atoms with van der Waals surface area (Å²) in [6, 6.07) is 16.4. The summed E-state index contributed by atoms with van der Waals surface area (Å²) in [6.07, 6.45) is 1.08. The summed E-state index contributed by atoms with van der Waals surface area (Å²) in [5.74, 6) is 1.17. The van der Waals surface area contributed by atoms with Crippen LogP contribution < -0.4 is 5.32 Å². The lowest BCUT2D eigenvalue weighted by Gasteiger charge is -2.28. The number of nitrogens with one attached hydrogen (secondary N) is 1. The molecule has 21 heavy (non-hydrogen) atoms. The molecule has 1 nitrogen and oxygen atoms in total. The van der Waals surface area contributed by atoms with Crippen LogP contribution in [0.5, 0.6) is 0 Å². The second-order valence-corrected chi connectivity index (χ2v) is 6.60. The zero-order chi connectivity index (χ0) is 15.0. The van der Waals surface area contributed by atoms with Crippen LogP contribution in [0.25, 0.3) is 11.1 Å². The van der Waals surface area contributed by atoms with E-state index in [0.717, 1.165) is 6.42 Å². The number of hydrogen-bond donors (Lipinski definition) is 1. The first-order chi connectivity index (χ1) is 10.1. The predicted octanol–water partition coefficient (Wildman–Crippen LogP) is 4.61. The SMILES string of the molecule is CNC(C(C)C)C(C)c1ccc2c(c1)Cc1ccccc1-2. The molecule has 0 fully saturated rings. The zero-order valence-corrected chi connectivity index (χ0v) is 13.5. The minimum absolute atomic E-state index is 0.520. The Morgan fingerprint density at radius 1 is 0.905 bits per heavy atom. The van der Waals surface area contributed by atoms with Crippen molar-refractivity contribution in [2.45, 2.75) is 39.2 Å². The van der Waals surface area contributed by atoms with Gasteiger partial charge in [0.2, 0.25) is 0 Å². The van der Waals surface area contributed by atoms with E-state index in [2.05, 4.69) is 75.6 Å². The molecule has 2 aromatic rings. The third kappa shape index (κ3) is 2.51. The maximum absolute atomic E-state index is 3.48. The van der Waals surface area contributed by atoms with Crippen molar-refractivity contribution in [3.8, 4) is 11.1 Å². The van der Waals surface area contributed by atoms with Crippen molar-refractivity contribution < 1.29 is 0 Å². The molecule has 0 aliphatic heterocycles. The monoisotopic (exact) mass is 279 g/mol. The van der Waals surface area contributed by atoms with Crippen LogP contribution in [-0.2, 0) is 6.42 Å². The molecule has 0 spiro atoms. The Balaban J connectivity index is 1.94. The van der Waals surface area contributed by atoms with Crippen molar-refractivity contribution in [3.05, 3.63) is 59.2 Å². The Labute approximate surface area is 128 Å². The van der Waals surface area contributed by atoms with Crippen molar-refractivity contribution in [3.63, 3.8) is 0 Å². The Bertz CT molecular complexity index is 642. The minimum atomic E-state index is 0.520. The summed E-state index contributed by atoms with van der Waals surface area (Å²) in [5, 5.41) is 3.48. The topological polar surface area (TPSA) is 12.0 Å². The highest BCUT2D eigenvalue weighted by Crippen LogP contribution is 2.38. The molecule has 2 unspecified atom stereocenters. The van der Waals surface area contributed by atoms with Crippen LogP contribution in [0.4, 0.5) is 0 Å². The van der Waals surface area contributed by atoms with Crippen LogP contribution in [0.1, 0.15) is 43.4 Å². The Kier molecular flexibility index (Phi) is 3.86. The average molecular weight is 279 g/mol. The fourth-order valence-corrected chi connectivity index (χ4v) is 3.82.